The first-order chi connectivity index (χ1) is 5.25. The maximum Gasteiger partial charge on any atom is 0.155 e. The van der Waals surface area contributed by atoms with Crippen molar-refractivity contribution in [1.82, 2.24) is 4.57 Å². The van der Waals surface area contributed by atoms with Crippen LogP contribution < -0.4 is 5.73 Å². The fraction of sp³-hybridized carbons (Fsp3) is 0.125. The van der Waals surface area contributed by atoms with Crippen molar-refractivity contribution in [1.29, 1.82) is 0 Å². The highest BCUT2D eigenvalue weighted by Crippen LogP contribution is 2.20. The summed E-state index contributed by atoms with van der Waals surface area (Å²) in [5.74, 6) is 0.768. The summed E-state index contributed by atoms with van der Waals surface area (Å²) in [6.07, 6.45) is 5.10. The minimum Gasteiger partial charge on any atom is -0.396 e. The zero-order valence-electron chi connectivity index (χ0n) is 6.49. The number of hydrogen-bond acceptors (Lipinski definition) is 2. The Labute approximate surface area is 65.9 Å². The molecule has 0 spiro atoms. The van der Waals surface area contributed by atoms with Gasteiger partial charge in [0.2, 0.25) is 0 Å². The Morgan fingerprint density at radius 2 is 2.45 bits per heavy atom. The van der Waals surface area contributed by atoms with Crippen molar-refractivity contribution >= 4 is 17.7 Å². The van der Waals surface area contributed by atoms with Gasteiger partial charge < -0.3 is 10.3 Å². The molecule has 0 fully saturated rings. The van der Waals surface area contributed by atoms with E-state index in [-0.39, 0.29) is 0 Å². The third-order valence-electron chi connectivity index (χ3n) is 1.37. The van der Waals surface area contributed by atoms with Crippen LogP contribution in [-0.4, -0.2) is 10.8 Å². The second-order valence-corrected chi connectivity index (χ2v) is 2.22. The van der Waals surface area contributed by atoms with Gasteiger partial charge >= 0.3 is 0 Å². The monoisotopic (exact) mass is 149 g/mol. The van der Waals surface area contributed by atoms with Crippen LogP contribution in [0.2, 0.25) is 0 Å². The van der Waals surface area contributed by atoms with Crippen LogP contribution >= 0.6 is 0 Å². The Morgan fingerprint density at radius 3 is 2.91 bits per heavy atom. The smallest absolute Gasteiger partial charge is 0.155 e. The maximum atomic E-state index is 5.61. The van der Waals surface area contributed by atoms with Gasteiger partial charge in [0.05, 0.1) is 5.69 Å². The molecule has 3 nitrogen and oxygen atoms in total. The summed E-state index contributed by atoms with van der Waals surface area (Å²) in [6.45, 7) is 3.52. The molecule has 0 saturated heterocycles. The lowest BCUT2D eigenvalue weighted by Gasteiger charge is -1.95. The number of nitrogen functional groups attached to an aromatic ring is 1. The number of nitrogens with zero attached hydrogens (tertiary/aromatic N) is 2. The zero-order valence-corrected chi connectivity index (χ0v) is 6.49. The van der Waals surface area contributed by atoms with E-state index in [1.807, 2.05) is 23.9 Å². The van der Waals surface area contributed by atoms with Crippen LogP contribution in [0.15, 0.2) is 29.9 Å². The second kappa shape index (κ2) is 3.05. The number of anilines is 1. The first-order valence-electron chi connectivity index (χ1n) is 3.31. The van der Waals surface area contributed by atoms with Crippen molar-refractivity contribution in [3.05, 3.63) is 24.9 Å². The van der Waals surface area contributed by atoms with Gasteiger partial charge in [-0.25, -0.2) is 4.99 Å². The van der Waals surface area contributed by atoms with Crippen molar-refractivity contribution < 1.29 is 0 Å². The van der Waals surface area contributed by atoms with Gasteiger partial charge in [0, 0.05) is 19.5 Å². The minimum absolute atomic E-state index is 0.686. The molecule has 0 atom stereocenters. The summed E-state index contributed by atoms with van der Waals surface area (Å²) in [4.78, 5) is 4.08. The van der Waals surface area contributed by atoms with Crippen molar-refractivity contribution in [3.8, 4) is 0 Å². The number of aromatic nitrogens is 1. The number of aryl methyl sites for hydroxylation is 1. The van der Waals surface area contributed by atoms with Crippen molar-refractivity contribution in [2.24, 2.45) is 12.0 Å². The maximum absolute atomic E-state index is 5.61. The standard InChI is InChI=1S/C8H11N3/c1-3-5-10-8-7(9)4-6-11(8)2/h3-6H,1,9H2,2H3. The summed E-state index contributed by atoms with van der Waals surface area (Å²) in [6, 6.07) is 1.82. The highest BCUT2D eigenvalue weighted by molar-refractivity contribution is 5.76. The van der Waals surface area contributed by atoms with Gasteiger partial charge in [0.15, 0.2) is 5.82 Å². The molecule has 1 heterocycles. The number of hydrogen-bond donors (Lipinski definition) is 1. The molecule has 0 amide bonds. The van der Waals surface area contributed by atoms with E-state index in [4.69, 9.17) is 5.73 Å². The molecule has 3 heteroatoms. The van der Waals surface area contributed by atoms with Gasteiger partial charge in [-0.2, -0.15) is 0 Å². The molecule has 11 heavy (non-hydrogen) atoms. The number of nitrogens with two attached hydrogens (primary N) is 1. The fourth-order valence-electron chi connectivity index (χ4n) is 0.830. The van der Waals surface area contributed by atoms with Gasteiger partial charge in [0.1, 0.15) is 0 Å². The summed E-state index contributed by atoms with van der Waals surface area (Å²) in [7, 11) is 1.89. The molecule has 0 radical (unpaired) electrons. The Bertz CT molecular complexity index is 264. The Kier molecular flexibility index (Phi) is 2.11. The van der Waals surface area contributed by atoms with E-state index in [9.17, 15) is 0 Å². The van der Waals surface area contributed by atoms with E-state index >= 15 is 0 Å². The van der Waals surface area contributed by atoms with E-state index < -0.39 is 0 Å². The van der Waals surface area contributed by atoms with Gasteiger partial charge in [0.25, 0.3) is 0 Å². The highest BCUT2D eigenvalue weighted by atomic mass is 15.1. The Morgan fingerprint density at radius 1 is 1.73 bits per heavy atom. The van der Waals surface area contributed by atoms with Crippen molar-refractivity contribution in [2.45, 2.75) is 0 Å². The first-order valence-corrected chi connectivity index (χ1v) is 3.31. The molecule has 0 aliphatic carbocycles. The SMILES string of the molecule is C=CC=Nc1c(N)ccn1C. The summed E-state index contributed by atoms with van der Waals surface area (Å²) in [5, 5.41) is 0. The Balaban J connectivity index is 3.00. The molecule has 0 aromatic carbocycles. The van der Waals surface area contributed by atoms with E-state index in [1.165, 1.54) is 0 Å². The Hall–Kier alpha value is -1.51. The zero-order chi connectivity index (χ0) is 8.27. The quantitative estimate of drug-likeness (QED) is 0.636. The van der Waals surface area contributed by atoms with Gasteiger partial charge in [-0.1, -0.05) is 12.7 Å². The van der Waals surface area contributed by atoms with Crippen LogP contribution in [0.1, 0.15) is 0 Å². The molecule has 1 rings (SSSR count). The topological polar surface area (TPSA) is 43.3 Å². The third kappa shape index (κ3) is 1.49. The molecule has 0 bridgehead atoms. The molecule has 58 valence electrons. The molecule has 0 saturated carbocycles. The van der Waals surface area contributed by atoms with Crippen LogP contribution in [0.25, 0.3) is 0 Å². The average molecular weight is 149 g/mol. The average Bonchev–Trinajstić information content (AvgIpc) is 2.29. The largest absolute Gasteiger partial charge is 0.396 e. The number of aliphatic imine (C=N–C) groups is 1. The predicted molar refractivity (Wildman–Crippen MR) is 48.2 cm³/mol. The summed E-state index contributed by atoms with van der Waals surface area (Å²) in [5.41, 5.74) is 6.30. The summed E-state index contributed by atoms with van der Waals surface area (Å²) < 4.78 is 1.86. The fourth-order valence-corrected chi connectivity index (χ4v) is 0.830. The molecule has 2 N–H and O–H groups in total. The molecule has 0 aliphatic heterocycles. The summed E-state index contributed by atoms with van der Waals surface area (Å²) >= 11 is 0. The molecular formula is C8H11N3. The van der Waals surface area contributed by atoms with Gasteiger partial charge in [-0.3, -0.25) is 0 Å². The number of allylic oxidation sites excluding steroid dienone is 1. The van der Waals surface area contributed by atoms with Crippen molar-refractivity contribution in [2.75, 3.05) is 5.73 Å². The first kappa shape index (κ1) is 7.60. The lowest BCUT2D eigenvalue weighted by Crippen LogP contribution is -1.86. The normalized spacial score (nSPS) is 10.6. The van der Waals surface area contributed by atoms with E-state index in [2.05, 4.69) is 11.6 Å². The molecular weight excluding hydrogens is 138 g/mol. The number of rotatable bonds is 2. The molecule has 0 unspecified atom stereocenters. The lowest BCUT2D eigenvalue weighted by atomic mass is 10.5. The van der Waals surface area contributed by atoms with Crippen LogP contribution in [-0.2, 0) is 7.05 Å². The molecule has 0 aliphatic rings. The van der Waals surface area contributed by atoms with Gasteiger partial charge in [-0.15, -0.1) is 0 Å². The van der Waals surface area contributed by atoms with Crippen molar-refractivity contribution in [3.63, 3.8) is 0 Å². The van der Waals surface area contributed by atoms with Crippen LogP contribution in [0, 0.1) is 0 Å². The third-order valence-corrected chi connectivity index (χ3v) is 1.37. The van der Waals surface area contributed by atoms with Crippen LogP contribution in [0.4, 0.5) is 11.5 Å². The minimum atomic E-state index is 0.686. The van der Waals surface area contributed by atoms with E-state index in [0.717, 1.165) is 5.82 Å². The van der Waals surface area contributed by atoms with E-state index in [1.54, 1.807) is 12.3 Å². The van der Waals surface area contributed by atoms with Gasteiger partial charge in [-0.05, 0) is 6.07 Å². The predicted octanol–water partition coefficient (Wildman–Crippen LogP) is 1.50. The van der Waals surface area contributed by atoms with Crippen LogP contribution in [0.3, 0.4) is 0 Å². The van der Waals surface area contributed by atoms with Crippen LogP contribution in [0.5, 0.6) is 0 Å². The second-order valence-electron chi connectivity index (χ2n) is 2.22. The molecule has 1 aromatic rings. The highest BCUT2D eigenvalue weighted by Gasteiger charge is 1.98. The molecule has 1 aromatic heterocycles. The lowest BCUT2D eigenvalue weighted by molar-refractivity contribution is 0.928. The van der Waals surface area contributed by atoms with E-state index in [0.29, 0.717) is 5.69 Å².